The van der Waals surface area contributed by atoms with Gasteiger partial charge in [-0.2, -0.15) is 0 Å². The fourth-order valence-corrected chi connectivity index (χ4v) is 3.11. The first kappa shape index (κ1) is 12.9. The monoisotopic (exact) mass is 260 g/mol. The maximum Gasteiger partial charge on any atom is 0.115 e. The molecule has 3 nitrogen and oxygen atoms in total. The fraction of sp³-hybridized carbons (Fsp3) is 0.625. The van der Waals surface area contributed by atoms with Gasteiger partial charge in [0.05, 0.1) is 0 Å². The zero-order valence-corrected chi connectivity index (χ0v) is 11.7. The van der Waals surface area contributed by atoms with Crippen LogP contribution in [0, 0.1) is 0 Å². The second-order valence-corrected chi connectivity index (χ2v) is 6.02. The van der Waals surface area contributed by atoms with E-state index in [1.54, 1.807) is 6.07 Å². The third-order valence-electron chi connectivity index (χ3n) is 4.45. The van der Waals surface area contributed by atoms with E-state index < -0.39 is 0 Å². The minimum absolute atomic E-state index is 0.310. The molecule has 2 N–H and O–H groups in total. The van der Waals surface area contributed by atoms with E-state index in [4.69, 9.17) is 0 Å². The summed E-state index contributed by atoms with van der Waals surface area (Å²) in [5.41, 5.74) is 1.17. The highest BCUT2D eigenvalue weighted by Gasteiger charge is 2.31. The van der Waals surface area contributed by atoms with Gasteiger partial charge in [-0.3, -0.25) is 0 Å². The van der Waals surface area contributed by atoms with Crippen molar-refractivity contribution in [3.63, 3.8) is 0 Å². The molecule has 104 valence electrons. The van der Waals surface area contributed by atoms with Gasteiger partial charge in [0, 0.05) is 18.1 Å². The summed E-state index contributed by atoms with van der Waals surface area (Å²) in [5, 5.41) is 13.2. The van der Waals surface area contributed by atoms with Crippen LogP contribution in [0.1, 0.15) is 44.2 Å². The molecular weight excluding hydrogens is 236 g/mol. The summed E-state index contributed by atoms with van der Waals surface area (Å²) >= 11 is 0. The Bertz CT molecular complexity index is 423. The zero-order valence-electron chi connectivity index (χ0n) is 11.7. The van der Waals surface area contributed by atoms with Crippen molar-refractivity contribution < 1.29 is 5.11 Å². The Morgan fingerprint density at radius 2 is 1.95 bits per heavy atom. The van der Waals surface area contributed by atoms with Gasteiger partial charge in [0.15, 0.2) is 0 Å². The number of aromatic hydroxyl groups is 1. The largest absolute Gasteiger partial charge is 0.508 e. The van der Waals surface area contributed by atoms with Crippen LogP contribution in [0.25, 0.3) is 0 Å². The third-order valence-corrected chi connectivity index (χ3v) is 4.45. The van der Waals surface area contributed by atoms with E-state index in [0.717, 1.165) is 6.04 Å². The predicted molar refractivity (Wildman–Crippen MR) is 77.3 cm³/mol. The number of benzene rings is 1. The maximum atomic E-state index is 9.54. The summed E-state index contributed by atoms with van der Waals surface area (Å²) < 4.78 is 0. The minimum Gasteiger partial charge on any atom is -0.508 e. The van der Waals surface area contributed by atoms with Crippen molar-refractivity contribution >= 4 is 0 Å². The fourth-order valence-electron chi connectivity index (χ4n) is 3.11. The molecule has 1 atom stereocenters. The maximum absolute atomic E-state index is 9.54. The number of hydrogen-bond acceptors (Lipinski definition) is 3. The molecule has 1 aromatic carbocycles. The molecule has 1 aliphatic carbocycles. The lowest BCUT2D eigenvalue weighted by Gasteiger charge is -2.34. The van der Waals surface area contributed by atoms with Gasteiger partial charge in [-0.1, -0.05) is 12.1 Å². The van der Waals surface area contributed by atoms with Gasteiger partial charge in [0.25, 0.3) is 0 Å². The molecule has 0 amide bonds. The van der Waals surface area contributed by atoms with Crippen LogP contribution in [0.2, 0.25) is 0 Å². The van der Waals surface area contributed by atoms with Gasteiger partial charge in [-0.15, -0.1) is 0 Å². The lowest BCUT2D eigenvalue weighted by atomic mass is 10.0. The van der Waals surface area contributed by atoms with Crippen molar-refractivity contribution in [2.24, 2.45) is 0 Å². The Hall–Kier alpha value is -1.06. The second kappa shape index (κ2) is 5.51. The number of phenolic OH excluding ortho intramolecular Hbond substituents is 1. The van der Waals surface area contributed by atoms with Crippen molar-refractivity contribution in [2.75, 3.05) is 13.1 Å². The van der Waals surface area contributed by atoms with Gasteiger partial charge in [0.1, 0.15) is 5.75 Å². The van der Waals surface area contributed by atoms with Gasteiger partial charge in [0.2, 0.25) is 0 Å². The molecule has 1 heterocycles. The molecular formula is C16H24N2O. The first-order valence-electron chi connectivity index (χ1n) is 7.51. The number of nitrogens with one attached hydrogen (secondary N) is 1. The molecule has 1 saturated heterocycles. The molecule has 0 spiro atoms. The molecule has 1 unspecified atom stereocenters. The van der Waals surface area contributed by atoms with E-state index >= 15 is 0 Å². The number of likely N-dealkylation sites (tertiary alicyclic amines) is 1. The van der Waals surface area contributed by atoms with E-state index in [1.807, 2.05) is 12.1 Å². The summed E-state index contributed by atoms with van der Waals surface area (Å²) in [6.07, 6.45) is 5.33. The number of nitrogens with zero attached hydrogens (tertiary/aromatic N) is 1. The van der Waals surface area contributed by atoms with Gasteiger partial charge < -0.3 is 15.3 Å². The van der Waals surface area contributed by atoms with Crippen LogP contribution in [0.3, 0.4) is 0 Å². The molecule has 0 aromatic heterocycles. The summed E-state index contributed by atoms with van der Waals surface area (Å²) in [6.45, 7) is 4.67. The zero-order chi connectivity index (χ0) is 13.2. The highest BCUT2D eigenvalue weighted by molar-refractivity contribution is 5.29. The van der Waals surface area contributed by atoms with Crippen LogP contribution in [0.4, 0.5) is 0 Å². The summed E-state index contributed by atoms with van der Waals surface area (Å²) in [7, 11) is 0. The van der Waals surface area contributed by atoms with Crippen LogP contribution >= 0.6 is 0 Å². The SMILES string of the molecule is CC(NC1CCN(C2CC2)CC1)c1cccc(O)c1. The van der Waals surface area contributed by atoms with Crippen LogP contribution in [-0.2, 0) is 0 Å². The Kier molecular flexibility index (Phi) is 3.76. The van der Waals surface area contributed by atoms with Crippen molar-refractivity contribution in [3.8, 4) is 5.75 Å². The number of piperidine rings is 1. The topological polar surface area (TPSA) is 35.5 Å². The Morgan fingerprint density at radius 3 is 2.58 bits per heavy atom. The van der Waals surface area contributed by atoms with E-state index in [9.17, 15) is 5.11 Å². The highest BCUT2D eigenvalue weighted by Crippen LogP contribution is 2.29. The molecule has 1 aliphatic heterocycles. The van der Waals surface area contributed by atoms with E-state index in [-0.39, 0.29) is 0 Å². The molecule has 3 rings (SSSR count). The Labute approximate surface area is 115 Å². The van der Waals surface area contributed by atoms with Crippen LogP contribution in [-0.4, -0.2) is 35.2 Å². The molecule has 3 heteroatoms. The van der Waals surface area contributed by atoms with Crippen molar-refractivity contribution in [1.29, 1.82) is 0 Å². The molecule has 2 fully saturated rings. The summed E-state index contributed by atoms with van der Waals surface area (Å²) in [5.74, 6) is 0.356. The van der Waals surface area contributed by atoms with E-state index in [2.05, 4.69) is 23.2 Å². The Balaban J connectivity index is 1.51. The van der Waals surface area contributed by atoms with Crippen LogP contribution in [0.15, 0.2) is 24.3 Å². The average Bonchev–Trinajstić information content (AvgIpc) is 3.24. The molecule has 2 aliphatic rings. The lowest BCUT2D eigenvalue weighted by molar-refractivity contribution is 0.184. The lowest BCUT2D eigenvalue weighted by Crippen LogP contribution is -2.44. The van der Waals surface area contributed by atoms with Gasteiger partial charge >= 0.3 is 0 Å². The molecule has 0 radical (unpaired) electrons. The quantitative estimate of drug-likeness (QED) is 0.873. The van der Waals surface area contributed by atoms with Crippen LogP contribution < -0.4 is 5.32 Å². The van der Waals surface area contributed by atoms with E-state index in [1.165, 1.54) is 44.3 Å². The number of hydrogen-bond donors (Lipinski definition) is 2. The molecule has 1 saturated carbocycles. The molecule has 19 heavy (non-hydrogen) atoms. The summed E-state index contributed by atoms with van der Waals surface area (Å²) in [4.78, 5) is 2.65. The summed E-state index contributed by atoms with van der Waals surface area (Å²) in [6, 6.07) is 9.41. The second-order valence-electron chi connectivity index (χ2n) is 6.02. The highest BCUT2D eigenvalue weighted by atomic mass is 16.3. The first-order valence-corrected chi connectivity index (χ1v) is 7.51. The predicted octanol–water partition coefficient (Wildman–Crippen LogP) is 2.67. The van der Waals surface area contributed by atoms with Gasteiger partial charge in [-0.05, 0) is 63.4 Å². The molecule has 0 bridgehead atoms. The Morgan fingerprint density at radius 1 is 1.21 bits per heavy atom. The van der Waals surface area contributed by atoms with Crippen LogP contribution in [0.5, 0.6) is 5.75 Å². The first-order chi connectivity index (χ1) is 9.22. The van der Waals surface area contributed by atoms with E-state index in [0.29, 0.717) is 17.8 Å². The smallest absolute Gasteiger partial charge is 0.115 e. The normalized spacial score (nSPS) is 23.4. The average molecular weight is 260 g/mol. The van der Waals surface area contributed by atoms with Crippen molar-refractivity contribution in [3.05, 3.63) is 29.8 Å². The standard InChI is InChI=1S/C16H24N2O/c1-12(13-3-2-4-16(19)11-13)17-14-7-9-18(10-8-14)15-5-6-15/h2-4,11-12,14-15,17,19H,5-10H2,1H3. The molecule has 1 aromatic rings. The van der Waals surface area contributed by atoms with Crippen molar-refractivity contribution in [1.82, 2.24) is 10.2 Å². The number of phenols is 1. The third kappa shape index (κ3) is 3.28. The minimum atomic E-state index is 0.310. The number of rotatable bonds is 4. The van der Waals surface area contributed by atoms with Crippen molar-refractivity contribution in [2.45, 2.75) is 50.7 Å². The van der Waals surface area contributed by atoms with Gasteiger partial charge in [-0.25, -0.2) is 0 Å².